The lowest BCUT2D eigenvalue weighted by molar-refractivity contribution is -0.145. The van der Waals surface area contributed by atoms with Gasteiger partial charge >= 0.3 is 5.97 Å². The Balaban J connectivity index is 2.42. The highest BCUT2D eigenvalue weighted by Crippen LogP contribution is 2.22. The summed E-state index contributed by atoms with van der Waals surface area (Å²) in [6, 6.07) is -0.231. The molecule has 0 amide bonds. The Hall–Kier alpha value is -0.570. The first-order valence-corrected chi connectivity index (χ1v) is 6.12. The van der Waals surface area contributed by atoms with Crippen LogP contribution in [-0.4, -0.2) is 35.1 Å². The van der Waals surface area contributed by atoms with Crippen LogP contribution in [0.3, 0.4) is 0 Å². The molecule has 1 heterocycles. The lowest BCUT2D eigenvalue weighted by Crippen LogP contribution is -2.47. The number of carboxylic acid groups (broad SMARTS) is 1. The van der Waals surface area contributed by atoms with Crippen LogP contribution in [0.4, 0.5) is 0 Å². The number of likely N-dealkylation sites (tertiary alicyclic amines) is 1. The number of carbonyl (C=O) groups is 1. The van der Waals surface area contributed by atoms with Gasteiger partial charge in [-0.25, -0.2) is 0 Å². The Bertz CT molecular complexity index is 206. The van der Waals surface area contributed by atoms with Crippen molar-refractivity contribution in [3.63, 3.8) is 0 Å². The molecule has 1 rings (SSSR count). The number of hydrogen-bond acceptors (Lipinski definition) is 2. The third-order valence-corrected chi connectivity index (χ3v) is 3.31. The minimum Gasteiger partial charge on any atom is -0.480 e. The average Bonchev–Trinajstić information content (AvgIpc) is 2.20. The van der Waals surface area contributed by atoms with Crippen molar-refractivity contribution in [3.8, 4) is 0 Å². The molecule has 0 aliphatic carbocycles. The summed E-state index contributed by atoms with van der Waals surface area (Å²) in [6.45, 7) is 6.24. The molecule has 0 radical (unpaired) electrons. The summed E-state index contributed by atoms with van der Waals surface area (Å²) >= 11 is 0. The summed E-state index contributed by atoms with van der Waals surface area (Å²) < 4.78 is 0. The van der Waals surface area contributed by atoms with E-state index in [2.05, 4.69) is 18.7 Å². The standard InChI is InChI=1S/C12H23NO2/c1-3-4-5-7-13-8-6-10(2)9-11(13)12(14)15/h10-11H,3-9H2,1-2H3,(H,14,15). The van der Waals surface area contributed by atoms with E-state index in [1.807, 2.05) is 0 Å². The van der Waals surface area contributed by atoms with Crippen molar-refractivity contribution >= 4 is 5.97 Å². The highest BCUT2D eigenvalue weighted by Gasteiger charge is 2.30. The molecule has 2 unspecified atom stereocenters. The van der Waals surface area contributed by atoms with E-state index < -0.39 is 5.97 Å². The number of unbranched alkanes of at least 4 members (excludes halogenated alkanes) is 2. The van der Waals surface area contributed by atoms with Crippen LogP contribution in [0.25, 0.3) is 0 Å². The third kappa shape index (κ3) is 3.82. The number of hydrogen-bond donors (Lipinski definition) is 1. The lowest BCUT2D eigenvalue weighted by Gasteiger charge is -2.35. The second-order valence-electron chi connectivity index (χ2n) is 4.73. The van der Waals surface area contributed by atoms with Crippen LogP contribution < -0.4 is 0 Å². The van der Waals surface area contributed by atoms with Gasteiger partial charge in [0.05, 0.1) is 0 Å². The first-order chi connectivity index (χ1) is 7.15. The van der Waals surface area contributed by atoms with Gasteiger partial charge in [0.1, 0.15) is 6.04 Å². The first kappa shape index (κ1) is 12.5. The quantitative estimate of drug-likeness (QED) is 0.713. The van der Waals surface area contributed by atoms with Crippen molar-refractivity contribution in [2.75, 3.05) is 13.1 Å². The van der Waals surface area contributed by atoms with Crippen molar-refractivity contribution in [3.05, 3.63) is 0 Å². The van der Waals surface area contributed by atoms with Gasteiger partial charge in [-0.15, -0.1) is 0 Å². The fraction of sp³-hybridized carbons (Fsp3) is 0.917. The van der Waals surface area contributed by atoms with Gasteiger partial charge in [-0.2, -0.15) is 0 Å². The summed E-state index contributed by atoms with van der Waals surface area (Å²) in [4.78, 5) is 13.3. The predicted molar refractivity (Wildman–Crippen MR) is 60.9 cm³/mol. The van der Waals surface area contributed by atoms with E-state index in [0.717, 1.165) is 32.4 Å². The van der Waals surface area contributed by atoms with Gasteiger partial charge in [0, 0.05) is 0 Å². The zero-order chi connectivity index (χ0) is 11.3. The van der Waals surface area contributed by atoms with Gasteiger partial charge in [-0.3, -0.25) is 9.69 Å². The molecule has 1 aliphatic heterocycles. The number of aliphatic carboxylic acids is 1. The number of piperidine rings is 1. The van der Waals surface area contributed by atoms with Gasteiger partial charge in [-0.1, -0.05) is 26.7 Å². The number of carboxylic acids is 1. The lowest BCUT2D eigenvalue weighted by atomic mass is 9.92. The molecule has 3 nitrogen and oxygen atoms in total. The molecule has 1 fully saturated rings. The van der Waals surface area contributed by atoms with Crippen molar-refractivity contribution in [2.45, 2.75) is 52.0 Å². The van der Waals surface area contributed by atoms with E-state index in [9.17, 15) is 4.79 Å². The van der Waals surface area contributed by atoms with Crippen LogP contribution in [-0.2, 0) is 4.79 Å². The van der Waals surface area contributed by atoms with E-state index in [0.29, 0.717) is 5.92 Å². The predicted octanol–water partition coefficient (Wildman–Crippen LogP) is 2.36. The van der Waals surface area contributed by atoms with E-state index in [4.69, 9.17) is 5.11 Å². The molecule has 0 saturated carbocycles. The van der Waals surface area contributed by atoms with E-state index in [1.54, 1.807) is 0 Å². The first-order valence-electron chi connectivity index (χ1n) is 6.12. The number of nitrogens with zero attached hydrogens (tertiary/aromatic N) is 1. The van der Waals surface area contributed by atoms with Gasteiger partial charge in [0.15, 0.2) is 0 Å². The summed E-state index contributed by atoms with van der Waals surface area (Å²) in [5.41, 5.74) is 0. The normalized spacial score (nSPS) is 27.9. The average molecular weight is 213 g/mol. The maximum Gasteiger partial charge on any atom is 0.320 e. The largest absolute Gasteiger partial charge is 0.480 e. The minimum absolute atomic E-state index is 0.231. The van der Waals surface area contributed by atoms with Crippen molar-refractivity contribution in [1.82, 2.24) is 4.90 Å². The van der Waals surface area contributed by atoms with Crippen LogP contribution in [0.15, 0.2) is 0 Å². The highest BCUT2D eigenvalue weighted by molar-refractivity contribution is 5.73. The molecule has 2 atom stereocenters. The molecule has 0 aromatic heterocycles. The fourth-order valence-electron chi connectivity index (χ4n) is 2.28. The molecule has 1 aliphatic rings. The van der Waals surface area contributed by atoms with Crippen LogP contribution in [0.2, 0.25) is 0 Å². The molecule has 1 N–H and O–H groups in total. The summed E-state index contributed by atoms with van der Waals surface area (Å²) in [5.74, 6) is -0.0772. The van der Waals surface area contributed by atoms with Crippen LogP contribution in [0.1, 0.15) is 46.0 Å². The Morgan fingerprint density at radius 3 is 2.80 bits per heavy atom. The Morgan fingerprint density at radius 1 is 1.47 bits per heavy atom. The molecule has 0 aromatic rings. The maximum atomic E-state index is 11.1. The van der Waals surface area contributed by atoms with Crippen molar-refractivity contribution in [1.29, 1.82) is 0 Å². The highest BCUT2D eigenvalue weighted by atomic mass is 16.4. The Labute approximate surface area is 92.5 Å². The summed E-state index contributed by atoms with van der Waals surface area (Å²) in [6.07, 6.45) is 5.51. The van der Waals surface area contributed by atoms with E-state index >= 15 is 0 Å². The molecule has 15 heavy (non-hydrogen) atoms. The zero-order valence-electron chi connectivity index (χ0n) is 9.91. The minimum atomic E-state index is -0.641. The molecule has 88 valence electrons. The summed E-state index contributed by atoms with van der Waals surface area (Å²) in [7, 11) is 0. The SMILES string of the molecule is CCCCCN1CCC(C)CC1C(=O)O. The molecular formula is C12H23NO2. The van der Waals surface area contributed by atoms with Crippen LogP contribution in [0, 0.1) is 5.92 Å². The molecule has 0 aromatic carbocycles. The van der Waals surface area contributed by atoms with Crippen LogP contribution in [0.5, 0.6) is 0 Å². The second-order valence-corrected chi connectivity index (χ2v) is 4.73. The molecular weight excluding hydrogens is 190 g/mol. The Morgan fingerprint density at radius 2 is 2.20 bits per heavy atom. The molecule has 3 heteroatoms. The number of rotatable bonds is 5. The van der Waals surface area contributed by atoms with E-state index in [-0.39, 0.29) is 6.04 Å². The monoisotopic (exact) mass is 213 g/mol. The van der Waals surface area contributed by atoms with Crippen molar-refractivity contribution in [2.24, 2.45) is 5.92 Å². The second kappa shape index (κ2) is 6.11. The smallest absolute Gasteiger partial charge is 0.320 e. The van der Waals surface area contributed by atoms with Gasteiger partial charge in [-0.05, 0) is 38.3 Å². The molecule has 0 bridgehead atoms. The maximum absolute atomic E-state index is 11.1. The van der Waals surface area contributed by atoms with E-state index in [1.165, 1.54) is 12.8 Å². The Kier molecular flexibility index (Phi) is 5.09. The van der Waals surface area contributed by atoms with Gasteiger partial charge in [0.2, 0.25) is 0 Å². The zero-order valence-corrected chi connectivity index (χ0v) is 9.91. The topological polar surface area (TPSA) is 40.5 Å². The third-order valence-electron chi connectivity index (χ3n) is 3.31. The summed E-state index contributed by atoms with van der Waals surface area (Å²) in [5, 5.41) is 9.14. The van der Waals surface area contributed by atoms with Crippen LogP contribution >= 0.6 is 0 Å². The van der Waals surface area contributed by atoms with Gasteiger partial charge in [0.25, 0.3) is 0 Å². The molecule has 1 saturated heterocycles. The molecule has 0 spiro atoms. The fourth-order valence-corrected chi connectivity index (χ4v) is 2.28. The van der Waals surface area contributed by atoms with Gasteiger partial charge < -0.3 is 5.11 Å². The van der Waals surface area contributed by atoms with Crippen molar-refractivity contribution < 1.29 is 9.90 Å².